The molecule has 1 aromatic carbocycles. The van der Waals surface area contributed by atoms with Gasteiger partial charge < -0.3 is 5.73 Å². The maximum absolute atomic E-state index is 6.38. The quantitative estimate of drug-likeness (QED) is 0.918. The number of aromatic nitrogens is 2. The summed E-state index contributed by atoms with van der Waals surface area (Å²) < 4.78 is 4.03. The Kier molecular flexibility index (Phi) is 3.14. The van der Waals surface area contributed by atoms with Crippen molar-refractivity contribution in [1.29, 1.82) is 0 Å². The molecular weight excluding hydrogens is 242 g/mol. The van der Waals surface area contributed by atoms with E-state index in [2.05, 4.69) is 46.8 Å². The van der Waals surface area contributed by atoms with Crippen LogP contribution in [-0.4, -0.2) is 9.59 Å². The van der Waals surface area contributed by atoms with Crippen LogP contribution in [0.15, 0.2) is 30.3 Å². The van der Waals surface area contributed by atoms with Gasteiger partial charge in [-0.3, -0.25) is 0 Å². The lowest BCUT2D eigenvalue weighted by Crippen LogP contribution is -2.13. The second-order valence-corrected chi connectivity index (χ2v) is 5.67. The van der Waals surface area contributed by atoms with E-state index < -0.39 is 0 Å². The SMILES string of the molecule is CCc1nnsc1C(N)C1CC1c1ccccc1. The van der Waals surface area contributed by atoms with Gasteiger partial charge in [0, 0.05) is 6.04 Å². The number of hydrogen-bond acceptors (Lipinski definition) is 4. The maximum Gasteiger partial charge on any atom is 0.0801 e. The molecular formula is C14H17N3S. The molecule has 0 saturated heterocycles. The van der Waals surface area contributed by atoms with Crippen LogP contribution in [0, 0.1) is 5.92 Å². The molecule has 0 amide bonds. The molecule has 1 aliphatic rings. The molecule has 0 bridgehead atoms. The molecule has 0 aliphatic heterocycles. The third-order valence-corrected chi connectivity index (χ3v) is 4.62. The van der Waals surface area contributed by atoms with Crippen LogP contribution < -0.4 is 5.73 Å². The van der Waals surface area contributed by atoms with Gasteiger partial charge in [-0.2, -0.15) is 0 Å². The molecule has 1 aliphatic carbocycles. The third-order valence-electron chi connectivity index (χ3n) is 3.75. The first kappa shape index (κ1) is 11.8. The second-order valence-electron chi connectivity index (χ2n) is 4.88. The zero-order chi connectivity index (χ0) is 12.5. The summed E-state index contributed by atoms with van der Waals surface area (Å²) in [4.78, 5) is 1.18. The van der Waals surface area contributed by atoms with Crippen molar-refractivity contribution in [3.63, 3.8) is 0 Å². The highest BCUT2D eigenvalue weighted by Crippen LogP contribution is 2.53. The molecule has 2 aromatic rings. The Bertz CT molecular complexity index is 523. The van der Waals surface area contributed by atoms with Gasteiger partial charge in [0.15, 0.2) is 0 Å². The fraction of sp³-hybridized carbons (Fsp3) is 0.429. The molecule has 1 fully saturated rings. The number of nitrogens with two attached hydrogens (primary N) is 1. The Balaban J connectivity index is 1.75. The van der Waals surface area contributed by atoms with Gasteiger partial charge in [-0.1, -0.05) is 41.7 Å². The maximum atomic E-state index is 6.38. The summed E-state index contributed by atoms with van der Waals surface area (Å²) in [5.41, 5.74) is 8.87. The molecule has 1 aromatic heterocycles. The molecule has 1 saturated carbocycles. The second kappa shape index (κ2) is 4.78. The highest BCUT2D eigenvalue weighted by atomic mass is 32.1. The summed E-state index contributed by atoms with van der Waals surface area (Å²) in [6.07, 6.45) is 2.11. The van der Waals surface area contributed by atoms with Gasteiger partial charge in [-0.05, 0) is 41.8 Å². The summed E-state index contributed by atoms with van der Waals surface area (Å²) in [7, 11) is 0. The summed E-state index contributed by atoms with van der Waals surface area (Å²) in [6.45, 7) is 2.11. The van der Waals surface area contributed by atoms with Crippen LogP contribution >= 0.6 is 11.5 Å². The molecule has 0 spiro atoms. The number of rotatable bonds is 4. The smallest absolute Gasteiger partial charge is 0.0801 e. The molecule has 18 heavy (non-hydrogen) atoms. The number of benzene rings is 1. The topological polar surface area (TPSA) is 51.8 Å². The fourth-order valence-electron chi connectivity index (χ4n) is 2.60. The minimum absolute atomic E-state index is 0.102. The van der Waals surface area contributed by atoms with E-state index in [9.17, 15) is 0 Å². The molecule has 3 nitrogen and oxygen atoms in total. The lowest BCUT2D eigenvalue weighted by molar-refractivity contribution is 0.618. The summed E-state index contributed by atoms with van der Waals surface area (Å²) in [5, 5.41) is 4.15. The Labute approximate surface area is 111 Å². The minimum Gasteiger partial charge on any atom is -0.323 e. The van der Waals surface area contributed by atoms with Crippen LogP contribution in [-0.2, 0) is 6.42 Å². The molecule has 3 unspecified atom stereocenters. The van der Waals surface area contributed by atoms with E-state index in [4.69, 9.17) is 5.73 Å². The third kappa shape index (κ3) is 2.06. The van der Waals surface area contributed by atoms with Crippen LogP contribution in [0.25, 0.3) is 0 Å². The summed E-state index contributed by atoms with van der Waals surface area (Å²) in [5.74, 6) is 1.17. The van der Waals surface area contributed by atoms with E-state index in [0.717, 1.165) is 12.1 Å². The summed E-state index contributed by atoms with van der Waals surface area (Å²) >= 11 is 1.46. The molecule has 3 atom stereocenters. The first-order valence-electron chi connectivity index (χ1n) is 6.43. The van der Waals surface area contributed by atoms with Crippen LogP contribution in [0.3, 0.4) is 0 Å². The van der Waals surface area contributed by atoms with Crippen molar-refractivity contribution in [2.75, 3.05) is 0 Å². The first-order valence-corrected chi connectivity index (χ1v) is 7.20. The monoisotopic (exact) mass is 259 g/mol. The van der Waals surface area contributed by atoms with Gasteiger partial charge in [-0.25, -0.2) is 0 Å². The van der Waals surface area contributed by atoms with E-state index >= 15 is 0 Å². The van der Waals surface area contributed by atoms with Gasteiger partial charge in [0.1, 0.15) is 0 Å². The normalized spacial score (nSPS) is 23.9. The van der Waals surface area contributed by atoms with Crippen molar-refractivity contribution in [2.45, 2.75) is 31.7 Å². The van der Waals surface area contributed by atoms with E-state index in [-0.39, 0.29) is 6.04 Å². The van der Waals surface area contributed by atoms with Crippen LogP contribution in [0.5, 0.6) is 0 Å². The Hall–Kier alpha value is -1.26. The van der Waals surface area contributed by atoms with Crippen LogP contribution in [0.4, 0.5) is 0 Å². The molecule has 0 radical (unpaired) electrons. The van der Waals surface area contributed by atoms with Crippen molar-refractivity contribution in [2.24, 2.45) is 11.7 Å². The van der Waals surface area contributed by atoms with Crippen LogP contribution in [0.1, 0.15) is 41.4 Å². The van der Waals surface area contributed by atoms with Crippen molar-refractivity contribution in [1.82, 2.24) is 9.59 Å². The van der Waals surface area contributed by atoms with Crippen molar-refractivity contribution >= 4 is 11.5 Å². The van der Waals surface area contributed by atoms with E-state index in [1.165, 1.54) is 28.4 Å². The Morgan fingerprint density at radius 2 is 2.17 bits per heavy atom. The average Bonchev–Trinajstić information content (AvgIpc) is 3.08. The lowest BCUT2D eigenvalue weighted by atomic mass is 10.0. The molecule has 4 heteroatoms. The lowest BCUT2D eigenvalue weighted by Gasteiger charge is -2.10. The molecule has 2 N–H and O–H groups in total. The van der Waals surface area contributed by atoms with E-state index in [1.807, 2.05) is 0 Å². The predicted octanol–water partition coefficient (Wildman–Crippen LogP) is 2.90. The average molecular weight is 259 g/mol. The van der Waals surface area contributed by atoms with E-state index in [1.54, 1.807) is 0 Å². The predicted molar refractivity (Wildman–Crippen MR) is 73.5 cm³/mol. The van der Waals surface area contributed by atoms with Gasteiger partial charge >= 0.3 is 0 Å². The number of hydrogen-bond donors (Lipinski definition) is 1. The molecule has 94 valence electrons. The van der Waals surface area contributed by atoms with E-state index in [0.29, 0.717) is 11.8 Å². The minimum atomic E-state index is 0.102. The first-order chi connectivity index (χ1) is 8.81. The van der Waals surface area contributed by atoms with Crippen molar-refractivity contribution in [3.05, 3.63) is 46.5 Å². The molecule has 1 heterocycles. The van der Waals surface area contributed by atoms with Gasteiger partial charge in [0.25, 0.3) is 0 Å². The fourth-order valence-corrected chi connectivity index (χ4v) is 3.42. The highest BCUT2D eigenvalue weighted by molar-refractivity contribution is 7.05. The zero-order valence-corrected chi connectivity index (χ0v) is 11.2. The zero-order valence-electron chi connectivity index (χ0n) is 10.4. The van der Waals surface area contributed by atoms with Crippen molar-refractivity contribution in [3.8, 4) is 0 Å². The standard InChI is InChI=1S/C14H17N3S/c1-2-12-14(18-17-16-12)13(15)11-8-10(11)9-6-4-3-5-7-9/h3-7,10-11,13H,2,8,15H2,1H3. The van der Waals surface area contributed by atoms with Crippen LogP contribution in [0.2, 0.25) is 0 Å². The van der Waals surface area contributed by atoms with Crippen molar-refractivity contribution < 1.29 is 0 Å². The van der Waals surface area contributed by atoms with Gasteiger partial charge in [0.2, 0.25) is 0 Å². The number of aryl methyl sites for hydroxylation is 1. The summed E-state index contributed by atoms with van der Waals surface area (Å²) in [6, 6.07) is 10.8. The highest BCUT2D eigenvalue weighted by Gasteiger charge is 2.44. The Morgan fingerprint density at radius 1 is 1.39 bits per heavy atom. The number of nitrogens with zero attached hydrogens (tertiary/aromatic N) is 2. The molecule has 3 rings (SSSR count). The largest absolute Gasteiger partial charge is 0.323 e. The Morgan fingerprint density at radius 3 is 2.89 bits per heavy atom. The van der Waals surface area contributed by atoms with Gasteiger partial charge in [0.05, 0.1) is 10.6 Å². The van der Waals surface area contributed by atoms with Gasteiger partial charge in [-0.15, -0.1) is 5.10 Å².